The van der Waals surface area contributed by atoms with E-state index in [0.29, 0.717) is 18.5 Å². The Labute approximate surface area is 166 Å². The first-order chi connectivity index (χ1) is 13.6. The topological polar surface area (TPSA) is 69.9 Å². The Bertz CT molecular complexity index is 698. The summed E-state index contributed by atoms with van der Waals surface area (Å²) in [4.78, 5) is 30.1. The maximum Gasteiger partial charge on any atom is 0.269 e. The number of nitro benzene ring substituents is 1. The lowest BCUT2D eigenvalue weighted by molar-refractivity contribution is -0.384. The van der Waals surface area contributed by atoms with Crippen molar-refractivity contribution < 1.29 is 9.72 Å². The third kappa shape index (κ3) is 4.14. The normalized spacial score (nSPS) is 26.0. The maximum absolute atomic E-state index is 13.0. The van der Waals surface area contributed by atoms with Crippen LogP contribution < -0.4 is 4.90 Å². The van der Waals surface area contributed by atoms with Gasteiger partial charge in [-0.05, 0) is 43.7 Å². The van der Waals surface area contributed by atoms with Gasteiger partial charge in [0.25, 0.3) is 5.69 Å². The summed E-state index contributed by atoms with van der Waals surface area (Å²) in [5, 5.41) is 10.8. The van der Waals surface area contributed by atoms with Crippen molar-refractivity contribution in [1.82, 2.24) is 9.80 Å². The van der Waals surface area contributed by atoms with Crippen LogP contribution in [-0.2, 0) is 4.79 Å². The number of piperidine rings is 1. The predicted molar refractivity (Wildman–Crippen MR) is 108 cm³/mol. The summed E-state index contributed by atoms with van der Waals surface area (Å²) in [7, 11) is 0. The number of fused-ring (bicyclic) bond motifs is 1. The van der Waals surface area contributed by atoms with Crippen LogP contribution in [0.2, 0.25) is 0 Å². The minimum atomic E-state index is -0.370. The van der Waals surface area contributed by atoms with Crippen LogP contribution in [0.4, 0.5) is 11.4 Å². The van der Waals surface area contributed by atoms with Gasteiger partial charge in [0.2, 0.25) is 5.91 Å². The fraction of sp³-hybridized carbons (Fsp3) is 0.667. The molecule has 0 N–H and O–H groups in total. The molecule has 1 amide bonds. The summed E-state index contributed by atoms with van der Waals surface area (Å²) in [5.74, 6) is 1.03. The van der Waals surface area contributed by atoms with Crippen molar-refractivity contribution in [2.24, 2.45) is 5.92 Å². The summed E-state index contributed by atoms with van der Waals surface area (Å²) in [6, 6.07) is 7.23. The Morgan fingerprint density at radius 2 is 1.64 bits per heavy atom. The highest BCUT2D eigenvalue weighted by atomic mass is 16.6. The Morgan fingerprint density at radius 3 is 2.36 bits per heavy atom. The van der Waals surface area contributed by atoms with E-state index < -0.39 is 0 Å². The molecule has 0 bridgehead atoms. The third-order valence-corrected chi connectivity index (χ3v) is 6.72. The Kier molecular flexibility index (Phi) is 5.80. The average molecular weight is 386 g/mol. The van der Waals surface area contributed by atoms with Gasteiger partial charge in [-0.2, -0.15) is 0 Å². The summed E-state index contributed by atoms with van der Waals surface area (Å²) in [6.07, 6.45) is 7.52. The molecule has 152 valence electrons. The van der Waals surface area contributed by atoms with Gasteiger partial charge >= 0.3 is 0 Å². The van der Waals surface area contributed by atoms with Gasteiger partial charge < -0.3 is 9.80 Å². The van der Waals surface area contributed by atoms with Gasteiger partial charge in [0.05, 0.1) is 11.5 Å². The van der Waals surface area contributed by atoms with Crippen LogP contribution in [0.15, 0.2) is 24.3 Å². The van der Waals surface area contributed by atoms with Crippen LogP contribution >= 0.6 is 0 Å². The molecule has 0 spiro atoms. The van der Waals surface area contributed by atoms with E-state index in [2.05, 4.69) is 14.7 Å². The lowest BCUT2D eigenvalue weighted by Crippen LogP contribution is -2.54. The summed E-state index contributed by atoms with van der Waals surface area (Å²) in [6.45, 7) is 4.85. The van der Waals surface area contributed by atoms with Crippen molar-refractivity contribution >= 4 is 17.3 Å². The van der Waals surface area contributed by atoms with Gasteiger partial charge in [0, 0.05) is 56.6 Å². The molecule has 1 saturated carbocycles. The van der Waals surface area contributed by atoms with Gasteiger partial charge in [-0.25, -0.2) is 0 Å². The molecular formula is C21H30N4O3. The Morgan fingerprint density at radius 1 is 0.964 bits per heavy atom. The number of anilines is 1. The summed E-state index contributed by atoms with van der Waals surface area (Å²) >= 11 is 0. The van der Waals surface area contributed by atoms with Gasteiger partial charge in [-0.1, -0.05) is 12.8 Å². The number of piperazine rings is 1. The minimum Gasteiger partial charge on any atom is -0.369 e. The first kappa shape index (κ1) is 19.2. The molecule has 7 nitrogen and oxygen atoms in total. The van der Waals surface area contributed by atoms with Crippen LogP contribution in [-0.4, -0.2) is 65.9 Å². The van der Waals surface area contributed by atoms with E-state index in [4.69, 9.17) is 0 Å². The minimum absolute atomic E-state index is 0.121. The summed E-state index contributed by atoms with van der Waals surface area (Å²) < 4.78 is 0. The van der Waals surface area contributed by atoms with Gasteiger partial charge in [0.15, 0.2) is 0 Å². The fourth-order valence-electron chi connectivity index (χ4n) is 5.17. The number of rotatable bonds is 4. The van der Waals surface area contributed by atoms with Gasteiger partial charge in [-0.15, -0.1) is 0 Å². The third-order valence-electron chi connectivity index (χ3n) is 6.72. The molecule has 1 aromatic carbocycles. The number of hydrogen-bond donors (Lipinski definition) is 0. The number of amides is 1. The highest BCUT2D eigenvalue weighted by Gasteiger charge is 2.36. The van der Waals surface area contributed by atoms with Gasteiger partial charge in [0.1, 0.15) is 0 Å². The monoisotopic (exact) mass is 386 g/mol. The van der Waals surface area contributed by atoms with Crippen LogP contribution in [0.25, 0.3) is 0 Å². The number of benzene rings is 1. The largest absolute Gasteiger partial charge is 0.369 e. The van der Waals surface area contributed by atoms with E-state index in [0.717, 1.165) is 50.7 Å². The molecule has 7 heteroatoms. The number of nitrogens with zero attached hydrogens (tertiary/aromatic N) is 4. The van der Waals surface area contributed by atoms with E-state index in [1.807, 2.05) is 12.1 Å². The lowest BCUT2D eigenvalue weighted by atomic mass is 9.78. The lowest BCUT2D eigenvalue weighted by Gasteiger charge is -2.45. The number of non-ortho nitro benzene ring substituents is 1. The molecule has 4 rings (SSSR count). The molecule has 3 aliphatic rings. The smallest absolute Gasteiger partial charge is 0.269 e. The first-order valence-electron chi connectivity index (χ1n) is 10.6. The van der Waals surface area contributed by atoms with Crippen LogP contribution in [0, 0.1) is 16.0 Å². The maximum atomic E-state index is 13.0. The van der Waals surface area contributed by atoms with Crippen molar-refractivity contribution in [3.05, 3.63) is 34.4 Å². The molecule has 1 aliphatic carbocycles. The fourth-order valence-corrected chi connectivity index (χ4v) is 5.17. The highest BCUT2D eigenvalue weighted by Crippen LogP contribution is 2.35. The van der Waals surface area contributed by atoms with E-state index >= 15 is 0 Å². The van der Waals surface area contributed by atoms with E-state index in [9.17, 15) is 14.9 Å². The molecular weight excluding hydrogens is 356 g/mol. The Hall–Kier alpha value is -2.15. The molecule has 1 aromatic rings. The van der Waals surface area contributed by atoms with Gasteiger partial charge in [-0.3, -0.25) is 19.8 Å². The van der Waals surface area contributed by atoms with Crippen LogP contribution in [0.3, 0.4) is 0 Å². The second kappa shape index (κ2) is 8.47. The summed E-state index contributed by atoms with van der Waals surface area (Å²) in [5.41, 5.74) is 1.13. The van der Waals surface area contributed by atoms with E-state index in [1.165, 1.54) is 32.1 Å². The van der Waals surface area contributed by atoms with Crippen molar-refractivity contribution in [3.8, 4) is 0 Å². The molecule has 0 aromatic heterocycles. The standard InChI is InChI=1S/C21H30N4O3/c26-21(24-11-3-5-17-4-1-2-6-20(17)24)16-22-12-14-23(15-13-22)18-7-9-19(10-8-18)25(27)28/h7-10,17,20H,1-6,11-16H2/t17-,20+/m0/s1. The molecule has 0 unspecified atom stereocenters. The van der Waals surface area contributed by atoms with Crippen molar-refractivity contribution in [2.45, 2.75) is 44.6 Å². The van der Waals surface area contributed by atoms with Crippen LogP contribution in [0.1, 0.15) is 38.5 Å². The average Bonchev–Trinajstić information content (AvgIpc) is 2.74. The van der Waals surface area contributed by atoms with E-state index in [1.54, 1.807) is 12.1 Å². The number of carbonyl (C=O) groups excluding carboxylic acids is 1. The Balaban J connectivity index is 1.29. The molecule has 2 aliphatic heterocycles. The molecule has 0 radical (unpaired) electrons. The molecule has 2 saturated heterocycles. The molecule has 3 fully saturated rings. The molecule has 2 atom stereocenters. The van der Waals surface area contributed by atoms with Crippen LogP contribution in [0.5, 0.6) is 0 Å². The second-order valence-electron chi connectivity index (χ2n) is 8.38. The molecule has 2 heterocycles. The zero-order valence-electron chi connectivity index (χ0n) is 16.5. The zero-order chi connectivity index (χ0) is 19.5. The van der Waals surface area contributed by atoms with E-state index in [-0.39, 0.29) is 10.6 Å². The number of carbonyl (C=O) groups is 1. The van der Waals surface area contributed by atoms with Crippen molar-refractivity contribution in [3.63, 3.8) is 0 Å². The SMILES string of the molecule is O=C(CN1CCN(c2ccc([N+](=O)[O-])cc2)CC1)N1CCC[C@@H]2CCCC[C@H]21. The van der Waals surface area contributed by atoms with Crippen molar-refractivity contribution in [1.29, 1.82) is 0 Å². The number of nitro groups is 1. The quantitative estimate of drug-likeness (QED) is 0.588. The predicted octanol–water partition coefficient (Wildman–Crippen LogP) is 2.90. The first-order valence-corrected chi connectivity index (χ1v) is 10.6. The highest BCUT2D eigenvalue weighted by molar-refractivity contribution is 5.78. The second-order valence-corrected chi connectivity index (χ2v) is 8.38. The number of hydrogen-bond acceptors (Lipinski definition) is 5. The number of likely N-dealkylation sites (tertiary alicyclic amines) is 1. The molecule has 28 heavy (non-hydrogen) atoms. The van der Waals surface area contributed by atoms with Crippen molar-refractivity contribution in [2.75, 3.05) is 44.2 Å². The zero-order valence-corrected chi connectivity index (χ0v) is 16.5.